The summed E-state index contributed by atoms with van der Waals surface area (Å²) in [4.78, 5) is 49.0. The number of anilines is 1. The summed E-state index contributed by atoms with van der Waals surface area (Å²) >= 11 is -2.42. The number of fused-ring (bicyclic) bond motifs is 2. The summed E-state index contributed by atoms with van der Waals surface area (Å²) < 4.78 is 69.0. The molecule has 3 aliphatic heterocycles. The fourth-order valence-electron chi connectivity index (χ4n) is 9.62. The van der Waals surface area contributed by atoms with Crippen molar-refractivity contribution in [2.45, 2.75) is 47.9 Å². The molecule has 23 heteroatoms. The highest BCUT2D eigenvalue weighted by molar-refractivity contribution is 7.92. The Labute approximate surface area is 434 Å². The molecule has 1 saturated heterocycles. The number of para-hydroxylation sites is 1. The molecular formula is C52H51N11O10S2. The minimum absolute atomic E-state index is 0.0122. The molecule has 75 heavy (non-hydrogen) atoms. The number of benzene rings is 6. The van der Waals surface area contributed by atoms with E-state index in [4.69, 9.17) is 19.9 Å². The number of hydrazine groups is 2. The number of imidazole rings is 1. The van der Waals surface area contributed by atoms with Crippen LogP contribution in [0.1, 0.15) is 49.4 Å². The number of nitrogens with two attached hydrogens (primary N) is 1. The Balaban J connectivity index is 1.12. The summed E-state index contributed by atoms with van der Waals surface area (Å²) in [5.41, 5.74) is 16.4. The summed E-state index contributed by atoms with van der Waals surface area (Å²) in [5.74, 6) is 0.871. The number of aromatic nitrogens is 2. The smallest absolute Gasteiger partial charge is 0.407 e. The highest BCUT2D eigenvalue weighted by Crippen LogP contribution is 2.41. The van der Waals surface area contributed by atoms with E-state index in [0.717, 1.165) is 15.4 Å². The number of H-pyrrole nitrogens is 1. The second-order valence-corrected chi connectivity index (χ2v) is 21.0. The molecule has 1 unspecified atom stereocenters. The van der Waals surface area contributed by atoms with Gasteiger partial charge in [-0.2, -0.15) is 4.31 Å². The van der Waals surface area contributed by atoms with Crippen LogP contribution in [0.5, 0.6) is 17.2 Å². The molecule has 0 aliphatic carbocycles. The van der Waals surface area contributed by atoms with Gasteiger partial charge >= 0.3 is 6.09 Å². The van der Waals surface area contributed by atoms with Crippen molar-refractivity contribution < 1.29 is 46.7 Å². The molecule has 7 aromatic rings. The van der Waals surface area contributed by atoms with Crippen LogP contribution in [0.15, 0.2) is 142 Å². The summed E-state index contributed by atoms with van der Waals surface area (Å²) in [7, 11) is -0.234. The quantitative estimate of drug-likeness (QED) is 0.0461. The zero-order valence-corrected chi connectivity index (χ0v) is 42.4. The van der Waals surface area contributed by atoms with E-state index in [2.05, 4.69) is 30.9 Å². The largest absolute Gasteiger partial charge is 0.593 e. The van der Waals surface area contributed by atoms with Crippen molar-refractivity contribution in [2.75, 3.05) is 40.2 Å². The molecule has 3 aliphatic rings. The molecule has 10 rings (SSSR count). The van der Waals surface area contributed by atoms with E-state index in [9.17, 15) is 19.5 Å². The zero-order valence-electron chi connectivity index (χ0n) is 40.7. The number of hydrogen-bond acceptors (Lipinski definition) is 16. The zero-order chi connectivity index (χ0) is 52.5. The SMILES string of the molecule is COc1ccc(CN2NNN=C2c2c(-c3cccc4[nH]c(N)nc34)ccc([S+]([O-])N[C@@H]3C[C@@H](CN4C(=O)c5ccccc5C4=O)N(C(=O)O)C3)c2S(=O)(=O)N(Cc2ccc(OC)cc2)Cc2ccc(OC)cc2)cc1. The van der Waals surface area contributed by atoms with E-state index in [-0.39, 0.29) is 77.4 Å². The lowest BCUT2D eigenvalue weighted by Crippen LogP contribution is -2.44. The van der Waals surface area contributed by atoms with Crippen LogP contribution in [0.2, 0.25) is 0 Å². The lowest BCUT2D eigenvalue weighted by Gasteiger charge is -2.28. The van der Waals surface area contributed by atoms with Crippen LogP contribution in [0, 0.1) is 0 Å². The van der Waals surface area contributed by atoms with E-state index in [1.807, 2.05) is 12.1 Å². The van der Waals surface area contributed by atoms with Crippen LogP contribution in [-0.4, -0.2) is 117 Å². The van der Waals surface area contributed by atoms with Gasteiger partial charge < -0.3 is 39.5 Å². The maximum Gasteiger partial charge on any atom is 0.407 e. The number of nitrogen functional groups attached to an aromatic ring is 1. The predicted octanol–water partition coefficient (Wildman–Crippen LogP) is 5.44. The van der Waals surface area contributed by atoms with Crippen LogP contribution < -0.4 is 35.7 Å². The third-order valence-electron chi connectivity index (χ3n) is 13.3. The standard InChI is InChI=1S/C52H51N11O10S2/c1-71-36-17-11-31(12-18-36)26-60(27-32-13-19-37(72-2)20-14-32)75(69,70)47-44(74(68)57-34-25-35(61(29-34)52(66)67)30-62-49(64)41-7-4-5-8-42(41)50(62)65)24-23-39(40-9-6-10-43-46(40)55-51(53)54-43)45(47)48-56-58-59-63(48)28-33-15-21-38(73-3)22-16-33/h4-24,34-35,57-59H,25-30H2,1-3H3,(H,66,67)(H3,53,54,55)/t34-,35+,74?/m1/s1. The average molecular weight is 1050 g/mol. The lowest BCUT2D eigenvalue weighted by atomic mass is 9.97. The van der Waals surface area contributed by atoms with Crippen LogP contribution in [0.25, 0.3) is 22.2 Å². The number of aromatic amines is 1. The number of sulfonamides is 1. The number of carbonyl (C=O) groups is 3. The minimum atomic E-state index is -4.86. The molecule has 21 nitrogen and oxygen atoms in total. The van der Waals surface area contributed by atoms with E-state index < -0.39 is 51.4 Å². The molecule has 6 aromatic carbocycles. The van der Waals surface area contributed by atoms with Crippen molar-refractivity contribution in [1.82, 2.24) is 44.9 Å². The normalized spacial score (nSPS) is 16.9. The third-order valence-corrected chi connectivity index (χ3v) is 16.6. The number of rotatable bonds is 18. The Morgan fingerprint density at radius 2 is 1.37 bits per heavy atom. The predicted molar refractivity (Wildman–Crippen MR) is 278 cm³/mol. The fraction of sp³-hybridized carbons (Fsp3) is 0.212. The number of likely N-dealkylation sites (tertiary alicyclic amines) is 1. The topological polar surface area (TPSA) is 272 Å². The van der Waals surface area contributed by atoms with Crippen LogP contribution in [-0.2, 0) is 41.0 Å². The number of imide groups is 1. The van der Waals surface area contributed by atoms with Gasteiger partial charge in [0.05, 0.1) is 79.0 Å². The molecule has 1 aromatic heterocycles. The summed E-state index contributed by atoms with van der Waals surface area (Å²) in [6.45, 7) is -0.659. The van der Waals surface area contributed by atoms with Gasteiger partial charge in [0.25, 0.3) is 11.8 Å². The number of hydrazone groups is 1. The van der Waals surface area contributed by atoms with Crippen LogP contribution in [0.4, 0.5) is 10.7 Å². The van der Waals surface area contributed by atoms with Crippen molar-refractivity contribution in [2.24, 2.45) is 5.10 Å². The number of hydrogen-bond donors (Lipinski definition) is 6. The Bertz CT molecular complexity index is 3370. The number of methoxy groups -OCH3 is 3. The third kappa shape index (κ3) is 9.99. The van der Waals surface area contributed by atoms with Crippen molar-refractivity contribution in [1.29, 1.82) is 0 Å². The van der Waals surface area contributed by atoms with E-state index in [1.54, 1.807) is 121 Å². The molecule has 3 amide bonds. The van der Waals surface area contributed by atoms with E-state index in [1.165, 1.54) is 24.6 Å². The number of carboxylic acid groups (broad SMARTS) is 1. The van der Waals surface area contributed by atoms with Gasteiger partial charge in [-0.1, -0.05) is 60.7 Å². The highest BCUT2D eigenvalue weighted by atomic mass is 32.2. The fourth-order valence-corrected chi connectivity index (χ4v) is 12.9. The number of carbonyl (C=O) groups excluding carboxylic acids is 2. The first kappa shape index (κ1) is 50.3. The molecule has 0 spiro atoms. The second kappa shape index (κ2) is 21.0. The molecule has 1 fully saturated rings. The van der Waals surface area contributed by atoms with Gasteiger partial charge in [-0.15, -0.1) is 15.4 Å². The van der Waals surface area contributed by atoms with Gasteiger partial charge in [0.2, 0.25) is 10.0 Å². The number of amides is 3. The monoisotopic (exact) mass is 1050 g/mol. The maximum absolute atomic E-state index is 16.4. The van der Waals surface area contributed by atoms with Gasteiger partial charge in [0, 0.05) is 31.7 Å². The first-order chi connectivity index (χ1) is 36.2. The summed E-state index contributed by atoms with van der Waals surface area (Å²) in [6.07, 6.45) is -1.31. The number of nitrogens with zero attached hydrogens (tertiary/aromatic N) is 6. The molecule has 0 saturated carbocycles. The highest BCUT2D eigenvalue weighted by Gasteiger charge is 2.45. The summed E-state index contributed by atoms with van der Waals surface area (Å²) in [5, 5.41) is 16.8. The van der Waals surface area contributed by atoms with Gasteiger partial charge in [0.15, 0.2) is 21.6 Å². The maximum atomic E-state index is 16.4. The van der Waals surface area contributed by atoms with Crippen molar-refractivity contribution in [3.05, 3.63) is 161 Å². The molecule has 4 heterocycles. The first-order valence-electron chi connectivity index (χ1n) is 23.5. The average Bonchev–Trinajstić information content (AvgIpc) is 4.22. The number of amidine groups is 1. The Kier molecular flexibility index (Phi) is 14.1. The molecule has 7 N–H and O–H groups in total. The van der Waals surface area contributed by atoms with Gasteiger partial charge in [-0.3, -0.25) is 19.5 Å². The summed E-state index contributed by atoms with van der Waals surface area (Å²) in [6, 6.07) is 34.3. The van der Waals surface area contributed by atoms with Gasteiger partial charge in [-0.25, -0.2) is 23.7 Å². The van der Waals surface area contributed by atoms with Crippen LogP contribution in [0.3, 0.4) is 0 Å². The van der Waals surface area contributed by atoms with Crippen molar-refractivity contribution in [3.63, 3.8) is 0 Å². The van der Waals surface area contributed by atoms with E-state index in [0.29, 0.717) is 50.5 Å². The Hall–Kier alpha value is -8.19. The molecular weight excluding hydrogens is 1000 g/mol. The first-order valence-corrected chi connectivity index (χ1v) is 26.1. The Morgan fingerprint density at radius 3 is 1.95 bits per heavy atom. The van der Waals surface area contributed by atoms with Crippen LogP contribution >= 0.6 is 0 Å². The lowest BCUT2D eigenvalue weighted by molar-refractivity contribution is 0.0603. The molecule has 386 valence electrons. The Morgan fingerprint density at radius 1 is 0.800 bits per heavy atom. The van der Waals surface area contributed by atoms with Crippen molar-refractivity contribution in [3.8, 4) is 28.4 Å². The molecule has 0 bridgehead atoms. The van der Waals surface area contributed by atoms with Gasteiger partial charge in [-0.05, 0) is 95.4 Å². The molecule has 3 atom stereocenters. The van der Waals surface area contributed by atoms with E-state index >= 15 is 13.0 Å². The minimum Gasteiger partial charge on any atom is -0.593 e. The van der Waals surface area contributed by atoms with Crippen molar-refractivity contribution >= 4 is 62.1 Å². The number of ether oxygens (including phenoxy) is 3. The number of nitrogens with one attached hydrogen (secondary N) is 4. The van der Waals surface area contributed by atoms with Gasteiger partial charge in [0.1, 0.15) is 17.2 Å². The molecule has 0 radical (unpaired) electrons. The second-order valence-electron chi connectivity index (χ2n) is 17.9.